The minimum absolute atomic E-state index is 0.0933. The molecule has 2 atom stereocenters. The molecule has 0 radical (unpaired) electrons. The Balaban J connectivity index is 2.17. The standard InChI is InChI=1S/C12H20N4O/c1-8-6-16(7-9(2)14-8)12(17)11-5-13-15(4)10(11)3/h5,8-9,14H,6-7H2,1-4H3. The first kappa shape index (κ1) is 12.1. The lowest BCUT2D eigenvalue weighted by Gasteiger charge is -2.36. The van der Waals surface area contributed by atoms with Gasteiger partial charge >= 0.3 is 0 Å². The Labute approximate surface area is 102 Å². The molecule has 5 heteroatoms. The van der Waals surface area contributed by atoms with Crippen LogP contribution in [0.25, 0.3) is 0 Å². The number of carbonyl (C=O) groups is 1. The zero-order chi connectivity index (χ0) is 12.6. The summed E-state index contributed by atoms with van der Waals surface area (Å²) in [6, 6.07) is 0.694. The molecule has 5 nitrogen and oxygen atoms in total. The first-order valence-electron chi connectivity index (χ1n) is 6.03. The van der Waals surface area contributed by atoms with Crippen LogP contribution in [0.15, 0.2) is 6.20 Å². The van der Waals surface area contributed by atoms with Crippen molar-refractivity contribution >= 4 is 5.91 Å². The van der Waals surface area contributed by atoms with Crippen molar-refractivity contribution in [1.82, 2.24) is 20.0 Å². The number of nitrogens with zero attached hydrogens (tertiary/aromatic N) is 3. The van der Waals surface area contributed by atoms with Crippen LogP contribution in [0, 0.1) is 6.92 Å². The Morgan fingerprint density at radius 1 is 1.41 bits per heavy atom. The van der Waals surface area contributed by atoms with E-state index in [1.807, 2.05) is 18.9 Å². The molecule has 1 saturated heterocycles. The van der Waals surface area contributed by atoms with Gasteiger partial charge in [-0.15, -0.1) is 0 Å². The summed E-state index contributed by atoms with van der Waals surface area (Å²) in [6.45, 7) is 7.66. The minimum Gasteiger partial charge on any atom is -0.335 e. The van der Waals surface area contributed by atoms with Crippen LogP contribution in [-0.4, -0.2) is 45.8 Å². The second-order valence-corrected chi connectivity index (χ2v) is 4.95. The lowest BCUT2D eigenvalue weighted by molar-refractivity contribution is 0.0673. The number of nitrogens with one attached hydrogen (secondary N) is 1. The number of carbonyl (C=O) groups excluding carboxylic acids is 1. The Hall–Kier alpha value is -1.36. The van der Waals surface area contributed by atoms with Crippen molar-refractivity contribution in [3.8, 4) is 0 Å². The van der Waals surface area contributed by atoms with Crippen molar-refractivity contribution in [2.45, 2.75) is 32.9 Å². The Morgan fingerprint density at radius 2 is 2.00 bits per heavy atom. The first-order chi connectivity index (χ1) is 7.99. The maximum absolute atomic E-state index is 12.4. The van der Waals surface area contributed by atoms with Crippen molar-refractivity contribution < 1.29 is 4.79 Å². The average Bonchev–Trinajstić information content (AvgIpc) is 2.57. The summed E-state index contributed by atoms with van der Waals surface area (Å²) in [6.07, 6.45) is 1.66. The minimum atomic E-state index is 0.0933. The fraction of sp³-hybridized carbons (Fsp3) is 0.667. The number of hydrogen-bond donors (Lipinski definition) is 1. The van der Waals surface area contributed by atoms with Gasteiger partial charge in [0.25, 0.3) is 5.91 Å². The number of amides is 1. The van der Waals surface area contributed by atoms with Crippen LogP contribution >= 0.6 is 0 Å². The monoisotopic (exact) mass is 236 g/mol. The third-order valence-corrected chi connectivity index (χ3v) is 3.31. The van der Waals surface area contributed by atoms with Crippen LogP contribution in [0.3, 0.4) is 0 Å². The van der Waals surface area contributed by atoms with E-state index in [1.165, 1.54) is 0 Å². The largest absolute Gasteiger partial charge is 0.335 e. The van der Waals surface area contributed by atoms with Gasteiger partial charge in [-0.2, -0.15) is 5.10 Å². The molecule has 0 bridgehead atoms. The number of rotatable bonds is 1. The molecule has 1 amide bonds. The highest BCUT2D eigenvalue weighted by atomic mass is 16.2. The molecule has 1 aliphatic rings. The number of piperazine rings is 1. The summed E-state index contributed by atoms with van der Waals surface area (Å²) in [5.74, 6) is 0.0933. The SMILES string of the molecule is Cc1c(C(=O)N2CC(C)NC(C)C2)cnn1C. The van der Waals surface area contributed by atoms with E-state index in [2.05, 4.69) is 24.3 Å². The molecule has 2 heterocycles. The molecule has 2 unspecified atom stereocenters. The smallest absolute Gasteiger partial charge is 0.257 e. The number of aryl methyl sites for hydroxylation is 1. The zero-order valence-corrected chi connectivity index (χ0v) is 10.9. The molecule has 17 heavy (non-hydrogen) atoms. The van der Waals surface area contributed by atoms with Gasteiger partial charge in [-0.05, 0) is 20.8 Å². The van der Waals surface area contributed by atoms with Crippen LogP contribution in [0.1, 0.15) is 29.9 Å². The molecule has 1 aliphatic heterocycles. The van der Waals surface area contributed by atoms with Gasteiger partial charge in [-0.3, -0.25) is 9.48 Å². The third kappa shape index (κ3) is 2.34. The van der Waals surface area contributed by atoms with Gasteiger partial charge in [0.1, 0.15) is 0 Å². The summed E-state index contributed by atoms with van der Waals surface area (Å²) in [5.41, 5.74) is 1.64. The Morgan fingerprint density at radius 3 is 2.47 bits per heavy atom. The maximum Gasteiger partial charge on any atom is 0.257 e. The highest BCUT2D eigenvalue weighted by molar-refractivity contribution is 5.95. The van der Waals surface area contributed by atoms with Gasteiger partial charge in [-0.25, -0.2) is 0 Å². The molecule has 94 valence electrons. The second-order valence-electron chi connectivity index (χ2n) is 4.95. The van der Waals surface area contributed by atoms with Crippen molar-refractivity contribution in [2.24, 2.45) is 7.05 Å². The topological polar surface area (TPSA) is 50.2 Å². The quantitative estimate of drug-likeness (QED) is 0.774. The van der Waals surface area contributed by atoms with E-state index in [4.69, 9.17) is 0 Å². The lowest BCUT2D eigenvalue weighted by Crippen LogP contribution is -2.55. The van der Waals surface area contributed by atoms with Crippen molar-refractivity contribution in [3.63, 3.8) is 0 Å². The average molecular weight is 236 g/mol. The summed E-state index contributed by atoms with van der Waals surface area (Å²) in [5, 5.41) is 7.54. The van der Waals surface area contributed by atoms with Crippen LogP contribution in [0.2, 0.25) is 0 Å². The van der Waals surface area contributed by atoms with Gasteiger partial charge in [0, 0.05) is 37.9 Å². The van der Waals surface area contributed by atoms with Crippen LogP contribution in [0.5, 0.6) is 0 Å². The maximum atomic E-state index is 12.4. The molecule has 2 rings (SSSR count). The van der Waals surface area contributed by atoms with Gasteiger partial charge in [0.05, 0.1) is 11.8 Å². The molecule has 1 fully saturated rings. The van der Waals surface area contributed by atoms with E-state index in [9.17, 15) is 4.79 Å². The highest BCUT2D eigenvalue weighted by Crippen LogP contribution is 2.13. The van der Waals surface area contributed by atoms with E-state index in [0.717, 1.165) is 18.8 Å². The lowest BCUT2D eigenvalue weighted by atomic mass is 10.1. The van der Waals surface area contributed by atoms with Crippen LogP contribution in [0.4, 0.5) is 0 Å². The second kappa shape index (κ2) is 4.49. The predicted octanol–water partition coefficient (Wildman–Crippen LogP) is 0.551. The van der Waals surface area contributed by atoms with Crippen molar-refractivity contribution in [1.29, 1.82) is 0 Å². The summed E-state index contributed by atoms with van der Waals surface area (Å²) >= 11 is 0. The van der Waals surface area contributed by atoms with Gasteiger partial charge in [0.2, 0.25) is 0 Å². The Kier molecular flexibility index (Phi) is 3.19. The van der Waals surface area contributed by atoms with Crippen LogP contribution < -0.4 is 5.32 Å². The molecule has 0 saturated carbocycles. The van der Waals surface area contributed by atoms with E-state index in [0.29, 0.717) is 17.6 Å². The molecule has 0 aliphatic carbocycles. The predicted molar refractivity (Wildman–Crippen MR) is 65.9 cm³/mol. The third-order valence-electron chi connectivity index (χ3n) is 3.31. The van der Waals surface area contributed by atoms with Crippen molar-refractivity contribution in [2.75, 3.05) is 13.1 Å². The van der Waals surface area contributed by atoms with Gasteiger partial charge in [0.15, 0.2) is 0 Å². The van der Waals surface area contributed by atoms with E-state index in [1.54, 1.807) is 10.9 Å². The van der Waals surface area contributed by atoms with Crippen molar-refractivity contribution in [3.05, 3.63) is 17.5 Å². The summed E-state index contributed by atoms with van der Waals surface area (Å²) in [4.78, 5) is 14.3. The fourth-order valence-corrected chi connectivity index (χ4v) is 2.37. The molecule has 0 aromatic carbocycles. The fourth-order valence-electron chi connectivity index (χ4n) is 2.37. The van der Waals surface area contributed by atoms with Gasteiger partial charge < -0.3 is 10.2 Å². The summed E-state index contributed by atoms with van der Waals surface area (Å²) in [7, 11) is 1.86. The molecular formula is C12H20N4O. The van der Waals surface area contributed by atoms with Crippen LogP contribution in [-0.2, 0) is 7.05 Å². The highest BCUT2D eigenvalue weighted by Gasteiger charge is 2.27. The normalized spacial score (nSPS) is 25.1. The Bertz CT molecular complexity index is 416. The number of aromatic nitrogens is 2. The summed E-state index contributed by atoms with van der Waals surface area (Å²) < 4.78 is 1.74. The van der Waals surface area contributed by atoms with E-state index < -0.39 is 0 Å². The molecule has 1 aromatic heterocycles. The molecular weight excluding hydrogens is 216 g/mol. The zero-order valence-electron chi connectivity index (χ0n) is 10.9. The first-order valence-corrected chi connectivity index (χ1v) is 6.03. The van der Waals surface area contributed by atoms with Gasteiger partial charge in [-0.1, -0.05) is 0 Å². The molecule has 0 spiro atoms. The van der Waals surface area contributed by atoms with E-state index in [-0.39, 0.29) is 5.91 Å². The molecule has 1 N–H and O–H groups in total. The molecule has 1 aromatic rings. The number of hydrogen-bond acceptors (Lipinski definition) is 3. The van der Waals surface area contributed by atoms with E-state index >= 15 is 0 Å².